The zero-order valence-electron chi connectivity index (χ0n) is 8.92. The molecule has 2 N–H and O–H groups in total. The second kappa shape index (κ2) is 2.86. The molecule has 0 aliphatic heterocycles. The van der Waals surface area contributed by atoms with Crippen molar-refractivity contribution >= 4 is 11.0 Å². The van der Waals surface area contributed by atoms with Crippen LogP contribution in [0.3, 0.4) is 0 Å². The van der Waals surface area contributed by atoms with Crippen LogP contribution in [-0.4, -0.2) is 5.54 Å². The van der Waals surface area contributed by atoms with E-state index >= 15 is 0 Å². The van der Waals surface area contributed by atoms with Gasteiger partial charge in [0.25, 0.3) is 0 Å². The van der Waals surface area contributed by atoms with Gasteiger partial charge < -0.3 is 10.2 Å². The quantitative estimate of drug-likeness (QED) is 0.811. The van der Waals surface area contributed by atoms with Gasteiger partial charge in [0.1, 0.15) is 11.3 Å². The Bertz CT molecular complexity index is 508. The van der Waals surface area contributed by atoms with Crippen LogP contribution < -0.4 is 5.73 Å². The van der Waals surface area contributed by atoms with Crippen LogP contribution in [0, 0.1) is 6.92 Å². The van der Waals surface area contributed by atoms with Crippen LogP contribution in [0.2, 0.25) is 0 Å². The van der Waals surface area contributed by atoms with E-state index in [4.69, 9.17) is 10.2 Å². The zero-order chi connectivity index (χ0) is 10.5. The van der Waals surface area contributed by atoms with E-state index in [2.05, 4.69) is 24.3 Å². The van der Waals surface area contributed by atoms with Gasteiger partial charge in [0.2, 0.25) is 0 Å². The van der Waals surface area contributed by atoms with Crippen molar-refractivity contribution in [2.24, 2.45) is 5.73 Å². The van der Waals surface area contributed by atoms with E-state index < -0.39 is 0 Å². The molecule has 0 atom stereocenters. The Balaban J connectivity index is 1.98. The summed E-state index contributed by atoms with van der Waals surface area (Å²) in [5.41, 5.74) is 8.45. The molecule has 2 heteroatoms. The van der Waals surface area contributed by atoms with Crippen molar-refractivity contribution < 1.29 is 4.42 Å². The summed E-state index contributed by atoms with van der Waals surface area (Å²) in [5.74, 6) is 0.969. The lowest BCUT2D eigenvalue weighted by molar-refractivity contribution is 0.577. The number of hydrogen-bond acceptors (Lipinski definition) is 2. The Morgan fingerprint density at radius 2 is 2.13 bits per heavy atom. The van der Waals surface area contributed by atoms with Crippen LogP contribution in [0.5, 0.6) is 0 Å². The highest BCUT2D eigenvalue weighted by Crippen LogP contribution is 2.36. The smallest absolute Gasteiger partial charge is 0.134 e. The van der Waals surface area contributed by atoms with E-state index in [9.17, 15) is 0 Å². The highest BCUT2D eigenvalue weighted by molar-refractivity contribution is 5.78. The Morgan fingerprint density at radius 3 is 2.87 bits per heavy atom. The summed E-state index contributed by atoms with van der Waals surface area (Å²) in [6, 6.07) is 8.46. The van der Waals surface area contributed by atoms with E-state index in [0.29, 0.717) is 0 Å². The zero-order valence-corrected chi connectivity index (χ0v) is 8.92. The Labute approximate surface area is 89.1 Å². The lowest BCUT2D eigenvalue weighted by Gasteiger charge is -2.07. The number of aryl methyl sites for hydroxylation is 1. The molecule has 2 aromatic rings. The van der Waals surface area contributed by atoms with Crippen molar-refractivity contribution in [3.63, 3.8) is 0 Å². The summed E-state index contributed by atoms with van der Waals surface area (Å²) in [6.45, 7) is 1.98. The number of fused-ring (bicyclic) bond motifs is 1. The van der Waals surface area contributed by atoms with Gasteiger partial charge in [-0.3, -0.25) is 0 Å². The molecule has 0 saturated heterocycles. The Hall–Kier alpha value is -1.28. The molecule has 1 heterocycles. The average molecular weight is 201 g/mol. The number of hydrogen-bond donors (Lipinski definition) is 1. The molecule has 0 unspecified atom stereocenters. The van der Waals surface area contributed by atoms with Gasteiger partial charge in [0.05, 0.1) is 0 Å². The van der Waals surface area contributed by atoms with Crippen molar-refractivity contribution in [1.29, 1.82) is 0 Å². The van der Waals surface area contributed by atoms with E-state index in [1.54, 1.807) is 0 Å². The molecule has 1 aromatic heterocycles. The Morgan fingerprint density at radius 1 is 1.33 bits per heavy atom. The van der Waals surface area contributed by atoms with E-state index in [0.717, 1.165) is 30.6 Å². The van der Waals surface area contributed by atoms with E-state index in [1.165, 1.54) is 10.9 Å². The van der Waals surface area contributed by atoms with Gasteiger partial charge in [-0.1, -0.05) is 12.1 Å². The topological polar surface area (TPSA) is 39.2 Å². The summed E-state index contributed by atoms with van der Waals surface area (Å²) in [6.07, 6.45) is 3.28. The maximum Gasteiger partial charge on any atom is 0.134 e. The first-order chi connectivity index (χ1) is 7.15. The molecule has 1 aromatic carbocycles. The number of rotatable bonds is 2. The summed E-state index contributed by atoms with van der Waals surface area (Å²) in [4.78, 5) is 0. The number of furan rings is 1. The molecule has 2 nitrogen and oxygen atoms in total. The molecule has 1 fully saturated rings. The molecule has 0 radical (unpaired) electrons. The third-order valence-corrected chi connectivity index (χ3v) is 3.16. The predicted molar refractivity (Wildman–Crippen MR) is 60.8 cm³/mol. The summed E-state index contributed by atoms with van der Waals surface area (Å²) in [5, 5.41) is 1.18. The molecule has 1 aliphatic carbocycles. The van der Waals surface area contributed by atoms with Crippen LogP contribution >= 0.6 is 0 Å². The van der Waals surface area contributed by atoms with Crippen LogP contribution in [-0.2, 0) is 6.42 Å². The number of benzene rings is 1. The lowest BCUT2D eigenvalue weighted by atomic mass is 10.0. The fourth-order valence-electron chi connectivity index (χ4n) is 2.06. The highest BCUT2D eigenvalue weighted by atomic mass is 16.3. The van der Waals surface area contributed by atoms with Crippen LogP contribution in [0.1, 0.15) is 24.2 Å². The third-order valence-electron chi connectivity index (χ3n) is 3.16. The molecule has 0 bridgehead atoms. The molecule has 3 rings (SSSR count). The minimum absolute atomic E-state index is 0.0787. The largest absolute Gasteiger partial charge is 0.461 e. The standard InChI is InChI=1S/C13H15NO/c1-9-6-11-3-2-10(7-12(11)15-9)8-13(14)4-5-13/h2-3,6-7H,4-5,8,14H2,1H3. The van der Waals surface area contributed by atoms with Gasteiger partial charge in [-0.25, -0.2) is 0 Å². The lowest BCUT2D eigenvalue weighted by Crippen LogP contribution is -2.24. The SMILES string of the molecule is Cc1cc2ccc(CC3(N)CC3)cc2o1. The van der Waals surface area contributed by atoms with E-state index in [-0.39, 0.29) is 5.54 Å². The second-order valence-corrected chi connectivity index (χ2v) is 4.77. The predicted octanol–water partition coefficient (Wildman–Crippen LogP) is 2.78. The minimum atomic E-state index is 0.0787. The van der Waals surface area contributed by atoms with Crippen LogP contribution in [0.15, 0.2) is 28.7 Å². The first kappa shape index (κ1) is 8.98. The van der Waals surface area contributed by atoms with Gasteiger partial charge in [0.15, 0.2) is 0 Å². The van der Waals surface area contributed by atoms with Gasteiger partial charge in [-0.15, -0.1) is 0 Å². The molecule has 1 saturated carbocycles. The average Bonchev–Trinajstić information content (AvgIpc) is 2.76. The van der Waals surface area contributed by atoms with Crippen molar-refractivity contribution in [2.75, 3.05) is 0 Å². The molecular weight excluding hydrogens is 186 g/mol. The van der Waals surface area contributed by atoms with Gasteiger partial charge >= 0.3 is 0 Å². The summed E-state index contributed by atoms with van der Waals surface area (Å²) >= 11 is 0. The highest BCUT2D eigenvalue weighted by Gasteiger charge is 2.37. The van der Waals surface area contributed by atoms with Crippen molar-refractivity contribution in [1.82, 2.24) is 0 Å². The van der Waals surface area contributed by atoms with Gasteiger partial charge in [-0.2, -0.15) is 0 Å². The normalized spacial score (nSPS) is 18.3. The number of nitrogens with two attached hydrogens (primary N) is 1. The van der Waals surface area contributed by atoms with Gasteiger partial charge in [0, 0.05) is 10.9 Å². The van der Waals surface area contributed by atoms with Crippen molar-refractivity contribution in [3.8, 4) is 0 Å². The van der Waals surface area contributed by atoms with E-state index in [1.807, 2.05) is 6.92 Å². The molecule has 15 heavy (non-hydrogen) atoms. The van der Waals surface area contributed by atoms with Crippen LogP contribution in [0.4, 0.5) is 0 Å². The Kier molecular flexibility index (Phi) is 1.71. The van der Waals surface area contributed by atoms with Gasteiger partial charge in [-0.05, 0) is 43.9 Å². The first-order valence-electron chi connectivity index (χ1n) is 5.43. The summed E-state index contributed by atoms with van der Waals surface area (Å²) < 4.78 is 5.60. The molecule has 1 aliphatic rings. The maximum absolute atomic E-state index is 6.10. The molecule has 78 valence electrons. The molecule has 0 amide bonds. The molecule has 0 spiro atoms. The molecular formula is C13H15NO. The van der Waals surface area contributed by atoms with Crippen molar-refractivity contribution in [3.05, 3.63) is 35.6 Å². The first-order valence-corrected chi connectivity index (χ1v) is 5.43. The second-order valence-electron chi connectivity index (χ2n) is 4.77. The monoisotopic (exact) mass is 201 g/mol. The minimum Gasteiger partial charge on any atom is -0.461 e. The fraction of sp³-hybridized carbons (Fsp3) is 0.385. The fourth-order valence-corrected chi connectivity index (χ4v) is 2.06. The summed E-state index contributed by atoms with van der Waals surface area (Å²) in [7, 11) is 0. The maximum atomic E-state index is 6.10. The third kappa shape index (κ3) is 1.65. The van der Waals surface area contributed by atoms with Crippen molar-refractivity contribution in [2.45, 2.75) is 31.7 Å². The van der Waals surface area contributed by atoms with Crippen LogP contribution in [0.25, 0.3) is 11.0 Å².